The van der Waals surface area contributed by atoms with Gasteiger partial charge >= 0.3 is 0 Å². The minimum Gasteiger partial charge on any atom is -0.421 e. The van der Waals surface area contributed by atoms with Gasteiger partial charge in [-0.2, -0.15) is 0 Å². The standard InChI is InChI=1S/C23H53N3OSi/c1-9-22(10-2)27-28-18-17-23(19-24(11-3)12-4,20-25(13-5)14-6)21-26(15-7)16-8/h22H,9-21,28H2,1-8H3. The summed E-state index contributed by atoms with van der Waals surface area (Å²) in [6.07, 6.45) is 4.12. The van der Waals surface area contributed by atoms with Gasteiger partial charge in [0.25, 0.3) is 0 Å². The molecule has 0 bridgehead atoms. The topological polar surface area (TPSA) is 19.0 Å². The lowest BCUT2D eigenvalue weighted by molar-refractivity contribution is 0.0581. The van der Waals surface area contributed by atoms with Crippen LogP contribution in [0.4, 0.5) is 0 Å². The van der Waals surface area contributed by atoms with E-state index in [0.717, 1.165) is 52.1 Å². The van der Waals surface area contributed by atoms with Gasteiger partial charge in [-0.1, -0.05) is 55.4 Å². The lowest BCUT2D eigenvalue weighted by Gasteiger charge is -2.44. The van der Waals surface area contributed by atoms with Crippen molar-refractivity contribution in [2.45, 2.75) is 86.8 Å². The van der Waals surface area contributed by atoms with E-state index in [1.807, 2.05) is 0 Å². The molecule has 0 N–H and O–H groups in total. The molecule has 0 atom stereocenters. The van der Waals surface area contributed by atoms with Crippen LogP contribution in [0, 0.1) is 5.41 Å². The van der Waals surface area contributed by atoms with E-state index in [2.05, 4.69) is 70.1 Å². The van der Waals surface area contributed by atoms with Crippen LogP contribution in [0.1, 0.15) is 74.7 Å². The smallest absolute Gasteiger partial charge is 0.161 e. The Bertz CT molecular complexity index is 305. The van der Waals surface area contributed by atoms with Gasteiger partial charge in [-0.25, -0.2) is 0 Å². The molecule has 5 heteroatoms. The molecule has 0 unspecified atom stereocenters. The quantitative estimate of drug-likeness (QED) is 0.233. The Hall–Kier alpha value is 0.0569. The van der Waals surface area contributed by atoms with Crippen molar-refractivity contribution in [2.24, 2.45) is 5.41 Å². The molecule has 0 saturated carbocycles. The maximum atomic E-state index is 6.31. The Labute approximate surface area is 180 Å². The first-order valence-corrected chi connectivity index (χ1v) is 13.8. The Balaban J connectivity index is 5.39. The minimum atomic E-state index is -0.433. The average molecular weight is 416 g/mol. The first kappa shape index (κ1) is 28.1. The molecule has 0 aromatic heterocycles. The summed E-state index contributed by atoms with van der Waals surface area (Å²) in [5.41, 5.74) is 0.342. The van der Waals surface area contributed by atoms with Crippen molar-refractivity contribution in [3.8, 4) is 0 Å². The van der Waals surface area contributed by atoms with Crippen LogP contribution in [0.2, 0.25) is 6.04 Å². The van der Waals surface area contributed by atoms with Crippen molar-refractivity contribution in [1.29, 1.82) is 0 Å². The van der Waals surface area contributed by atoms with Crippen LogP contribution in [-0.4, -0.2) is 89.5 Å². The first-order valence-electron chi connectivity index (χ1n) is 12.3. The van der Waals surface area contributed by atoms with E-state index in [1.165, 1.54) is 32.1 Å². The normalized spacial score (nSPS) is 13.3. The lowest BCUT2D eigenvalue weighted by Crippen LogP contribution is -2.52. The minimum absolute atomic E-state index is 0.342. The van der Waals surface area contributed by atoms with Crippen LogP contribution >= 0.6 is 0 Å². The highest BCUT2D eigenvalue weighted by Gasteiger charge is 2.34. The summed E-state index contributed by atoms with van der Waals surface area (Å²) in [6, 6.07) is 1.31. The molecule has 0 saturated heterocycles. The van der Waals surface area contributed by atoms with Gasteiger partial charge in [0.1, 0.15) is 0 Å². The third-order valence-corrected chi connectivity index (χ3v) is 7.83. The summed E-state index contributed by atoms with van der Waals surface area (Å²) in [6.45, 7) is 28.9. The van der Waals surface area contributed by atoms with E-state index in [9.17, 15) is 0 Å². The van der Waals surface area contributed by atoms with Crippen LogP contribution < -0.4 is 0 Å². The molecule has 0 aromatic carbocycles. The zero-order valence-electron chi connectivity index (χ0n) is 20.7. The van der Waals surface area contributed by atoms with Crippen LogP contribution in [0.3, 0.4) is 0 Å². The number of nitrogens with zero attached hydrogens (tertiary/aromatic N) is 3. The molecule has 0 spiro atoms. The van der Waals surface area contributed by atoms with Crippen molar-refractivity contribution in [3.63, 3.8) is 0 Å². The largest absolute Gasteiger partial charge is 0.421 e. The maximum Gasteiger partial charge on any atom is 0.161 e. The Kier molecular flexibility index (Phi) is 16.8. The molecule has 0 fully saturated rings. The molecule has 28 heavy (non-hydrogen) atoms. The number of hydrogen-bond donors (Lipinski definition) is 0. The van der Waals surface area contributed by atoms with Crippen molar-refractivity contribution in [2.75, 3.05) is 58.9 Å². The van der Waals surface area contributed by atoms with Crippen LogP contribution in [0.5, 0.6) is 0 Å². The summed E-state index contributed by atoms with van der Waals surface area (Å²) in [5.74, 6) is 0. The molecule has 0 aliphatic heterocycles. The summed E-state index contributed by atoms with van der Waals surface area (Å²) >= 11 is 0. The molecule has 170 valence electrons. The molecular formula is C23H53N3OSi. The fourth-order valence-corrected chi connectivity index (χ4v) is 6.24. The average Bonchev–Trinajstić information content (AvgIpc) is 2.74. The summed E-state index contributed by atoms with van der Waals surface area (Å²) in [5, 5.41) is 0. The van der Waals surface area contributed by atoms with Crippen molar-refractivity contribution in [3.05, 3.63) is 0 Å². The van der Waals surface area contributed by atoms with Gasteiger partial charge in [-0.15, -0.1) is 0 Å². The van der Waals surface area contributed by atoms with E-state index in [4.69, 9.17) is 4.43 Å². The second-order valence-electron chi connectivity index (χ2n) is 8.30. The van der Waals surface area contributed by atoms with Gasteiger partial charge < -0.3 is 19.1 Å². The Morgan fingerprint density at radius 1 is 0.643 bits per heavy atom. The van der Waals surface area contributed by atoms with E-state index in [0.29, 0.717) is 11.5 Å². The highest BCUT2D eigenvalue weighted by atomic mass is 28.2. The molecule has 0 aliphatic rings. The molecule has 4 nitrogen and oxygen atoms in total. The number of rotatable bonds is 19. The monoisotopic (exact) mass is 415 g/mol. The molecule has 0 aromatic rings. The van der Waals surface area contributed by atoms with Gasteiger partial charge in [0.15, 0.2) is 9.76 Å². The predicted molar refractivity (Wildman–Crippen MR) is 129 cm³/mol. The molecule has 0 amide bonds. The van der Waals surface area contributed by atoms with Gasteiger partial charge in [0.05, 0.1) is 0 Å². The molecule has 0 aliphatic carbocycles. The second kappa shape index (κ2) is 16.8. The van der Waals surface area contributed by atoms with Gasteiger partial charge in [-0.3, -0.25) is 0 Å². The molecule has 0 rings (SSSR count). The zero-order valence-corrected chi connectivity index (χ0v) is 22.1. The predicted octanol–water partition coefficient (Wildman–Crippen LogP) is 4.10. The van der Waals surface area contributed by atoms with E-state index >= 15 is 0 Å². The van der Waals surface area contributed by atoms with Crippen molar-refractivity contribution < 1.29 is 4.43 Å². The van der Waals surface area contributed by atoms with E-state index < -0.39 is 9.76 Å². The fraction of sp³-hybridized carbons (Fsp3) is 1.00. The fourth-order valence-electron chi connectivity index (χ4n) is 4.37. The van der Waals surface area contributed by atoms with Crippen LogP contribution in [0.15, 0.2) is 0 Å². The highest BCUT2D eigenvalue weighted by molar-refractivity contribution is 6.27. The summed E-state index contributed by atoms with van der Waals surface area (Å²) in [7, 11) is -0.433. The first-order chi connectivity index (χ1) is 13.5. The Morgan fingerprint density at radius 3 is 1.29 bits per heavy atom. The van der Waals surface area contributed by atoms with Crippen LogP contribution in [-0.2, 0) is 4.43 Å². The summed E-state index contributed by atoms with van der Waals surface area (Å²) < 4.78 is 6.31. The summed E-state index contributed by atoms with van der Waals surface area (Å²) in [4.78, 5) is 7.95. The van der Waals surface area contributed by atoms with Gasteiger partial charge in [-0.05, 0) is 64.6 Å². The van der Waals surface area contributed by atoms with Gasteiger partial charge in [0.2, 0.25) is 0 Å². The van der Waals surface area contributed by atoms with E-state index in [1.54, 1.807) is 0 Å². The zero-order chi connectivity index (χ0) is 21.4. The van der Waals surface area contributed by atoms with Crippen molar-refractivity contribution in [1.82, 2.24) is 14.7 Å². The maximum absolute atomic E-state index is 6.31. The molecule has 0 radical (unpaired) electrons. The van der Waals surface area contributed by atoms with Gasteiger partial charge in [0, 0.05) is 31.2 Å². The van der Waals surface area contributed by atoms with Crippen LogP contribution in [0.25, 0.3) is 0 Å². The van der Waals surface area contributed by atoms with Crippen molar-refractivity contribution >= 4 is 9.76 Å². The third-order valence-electron chi connectivity index (χ3n) is 6.48. The highest BCUT2D eigenvalue weighted by Crippen LogP contribution is 2.29. The molecular weight excluding hydrogens is 362 g/mol. The second-order valence-corrected chi connectivity index (χ2v) is 9.75. The Morgan fingerprint density at radius 2 is 1.00 bits per heavy atom. The molecule has 0 heterocycles. The number of hydrogen-bond acceptors (Lipinski definition) is 4. The third kappa shape index (κ3) is 10.7. The SMILES string of the molecule is CCC(CC)O[SiH2]CCC(CN(CC)CC)(CN(CC)CC)CN(CC)CC. The lowest BCUT2D eigenvalue weighted by atomic mass is 9.82. The van der Waals surface area contributed by atoms with E-state index in [-0.39, 0.29) is 0 Å².